The van der Waals surface area contributed by atoms with E-state index in [9.17, 15) is 14.4 Å². The van der Waals surface area contributed by atoms with Crippen LogP contribution < -0.4 is 32.3 Å². The maximum absolute atomic E-state index is 15.6. The lowest BCUT2D eigenvalue weighted by Crippen LogP contribution is -2.67. The third-order valence-corrected chi connectivity index (χ3v) is 13.0. The summed E-state index contributed by atoms with van der Waals surface area (Å²) in [7, 11) is 0. The Hall–Kier alpha value is -6.77. The van der Waals surface area contributed by atoms with Gasteiger partial charge in [0.25, 0.3) is 0 Å². The van der Waals surface area contributed by atoms with Gasteiger partial charge in [0.2, 0.25) is 29.5 Å². The molecule has 0 aromatic heterocycles. The summed E-state index contributed by atoms with van der Waals surface area (Å²) in [6.45, 7) is 25.7. The lowest BCUT2D eigenvalue weighted by Gasteiger charge is -2.37. The molecular weight excluding hydrogens is 1090 g/mol. The largest absolute Gasteiger partial charge is 0.460 e. The molecule has 20 heteroatoms. The molecule has 0 saturated heterocycles. The van der Waals surface area contributed by atoms with E-state index in [4.69, 9.17) is 41.0 Å². The molecule has 0 aliphatic rings. The summed E-state index contributed by atoms with van der Waals surface area (Å²) in [4.78, 5) is 102. The first-order valence-electron chi connectivity index (χ1n) is 27.7. The van der Waals surface area contributed by atoms with Crippen molar-refractivity contribution in [3.05, 3.63) is 142 Å². The third kappa shape index (κ3) is 20.8. The number of benzene rings is 4. The molecule has 4 aromatic rings. The Morgan fingerprint density at radius 3 is 1.63 bits per heavy atom. The molecule has 5 amide bonds. The van der Waals surface area contributed by atoms with Crippen molar-refractivity contribution in [3.63, 3.8) is 0 Å². The van der Waals surface area contributed by atoms with Crippen molar-refractivity contribution in [2.24, 2.45) is 5.73 Å². The summed E-state index contributed by atoms with van der Waals surface area (Å²) in [6, 6.07) is 21.9. The Morgan fingerprint density at radius 1 is 0.578 bits per heavy atom. The van der Waals surface area contributed by atoms with Gasteiger partial charge in [-0.2, -0.15) is 0 Å². The highest BCUT2D eigenvalue weighted by Crippen LogP contribution is 2.44. The molecule has 0 heterocycles. The predicted molar refractivity (Wildman–Crippen MR) is 315 cm³/mol. The van der Waals surface area contributed by atoms with E-state index in [1.165, 1.54) is 32.0 Å². The van der Waals surface area contributed by atoms with Crippen molar-refractivity contribution < 1.29 is 61.6 Å². The van der Waals surface area contributed by atoms with Crippen LogP contribution in [0.1, 0.15) is 138 Å². The molecule has 0 aliphatic carbocycles. The second-order valence-electron chi connectivity index (χ2n) is 24.8. The smallest absolute Gasteiger partial charge is 0.330 e. The van der Waals surface area contributed by atoms with Gasteiger partial charge < -0.3 is 56.0 Å². The maximum Gasteiger partial charge on any atom is 0.330 e. The van der Waals surface area contributed by atoms with Gasteiger partial charge in [0.1, 0.15) is 41.1 Å². The predicted octanol–water partition coefficient (Wildman–Crippen LogP) is 7.59. The number of nitrogens with one attached hydrogen (secondary N) is 5. The lowest BCUT2D eigenvalue weighted by atomic mass is 9.79. The van der Waals surface area contributed by atoms with Gasteiger partial charge in [0, 0.05) is 28.1 Å². The molecule has 7 N–H and O–H groups in total. The number of hydrogen-bond donors (Lipinski definition) is 6. The Bertz CT molecular complexity index is 2880. The molecule has 0 bridgehead atoms. The van der Waals surface area contributed by atoms with Crippen LogP contribution in [0, 0.1) is 12.7 Å². The monoisotopic (exact) mass is 1170 g/mol. The standard InChI is InChI=1S/C63H86ClFN6O12/c1-38-30-32-43(33-31-38)63(42-25-18-17-19-26-42,44-27-21-22-28-45(44)64)83-56(77)47(34-50(73)82-61(13,14)15)67-53(74)48(37-79-58(4,5)6)68-54(75)51(39(2)80-59(7,8)9)70-57(78)62(16,35-41-24-20-23-29-46(41)65)71-55(76)52(69-49(72)36-66)40(3)81-60(10,11)12/h17-33,39-40,47-48,51-52H,34-37,66H2,1-16H3,(H,67,74)(H,68,75)(H,69,72)(H,70,78)(H,71,76)/t39-,40-,47+,48+,51+,52+,62+,63?/m1/s1. The SMILES string of the molecule is Cc1ccc(C(OC(=O)[C@H](CC(=O)OC(C)(C)C)NC(=O)[C@H](COC(C)(C)C)NC(=O)[C@@H](NC(=O)[C@](C)(Cc2ccccc2F)NC(=O)[C@@H](NC(=O)CN)[C@@H](C)OC(C)(C)C)[C@@H](C)OC(C)(C)C)(c2ccccc2)c2ccccc2Cl)cc1. The highest BCUT2D eigenvalue weighted by Gasteiger charge is 2.46. The summed E-state index contributed by atoms with van der Waals surface area (Å²) >= 11 is 6.99. The number of ether oxygens (including phenoxy) is 5. The van der Waals surface area contributed by atoms with Crippen molar-refractivity contribution in [2.75, 3.05) is 13.2 Å². The minimum absolute atomic E-state index is 0.00856. The van der Waals surface area contributed by atoms with Crippen molar-refractivity contribution in [3.8, 4) is 0 Å². The van der Waals surface area contributed by atoms with Crippen molar-refractivity contribution in [1.29, 1.82) is 0 Å². The zero-order valence-corrected chi connectivity index (χ0v) is 51.6. The fourth-order valence-corrected chi connectivity index (χ4v) is 9.27. The lowest BCUT2D eigenvalue weighted by molar-refractivity contribution is -0.164. The summed E-state index contributed by atoms with van der Waals surface area (Å²) in [5, 5.41) is 13.6. The highest BCUT2D eigenvalue weighted by atomic mass is 35.5. The first-order valence-corrected chi connectivity index (χ1v) is 28.0. The van der Waals surface area contributed by atoms with Crippen molar-refractivity contribution in [1.82, 2.24) is 26.6 Å². The van der Waals surface area contributed by atoms with Crippen LogP contribution in [0.5, 0.6) is 0 Å². The summed E-state index contributed by atoms with van der Waals surface area (Å²) in [6.07, 6.45) is -3.40. The Labute approximate surface area is 493 Å². The second-order valence-corrected chi connectivity index (χ2v) is 25.2. The average molecular weight is 1170 g/mol. The molecule has 454 valence electrons. The van der Waals surface area contributed by atoms with Gasteiger partial charge in [-0.05, 0) is 128 Å². The van der Waals surface area contributed by atoms with Gasteiger partial charge in [0.05, 0.1) is 48.6 Å². The number of carbonyl (C=O) groups is 7. The van der Waals surface area contributed by atoms with E-state index in [1.54, 1.807) is 163 Å². The van der Waals surface area contributed by atoms with Gasteiger partial charge in [-0.15, -0.1) is 0 Å². The van der Waals surface area contributed by atoms with E-state index < -0.39 is 143 Å². The van der Waals surface area contributed by atoms with E-state index in [2.05, 4.69) is 26.6 Å². The molecule has 0 radical (unpaired) electrons. The number of nitrogens with two attached hydrogens (primary N) is 1. The Kier molecular flexibility index (Phi) is 23.7. The van der Waals surface area contributed by atoms with Gasteiger partial charge >= 0.3 is 11.9 Å². The normalized spacial score (nSPS) is 15.7. The summed E-state index contributed by atoms with van der Waals surface area (Å²) in [5.74, 6) is -7.31. The zero-order valence-electron chi connectivity index (χ0n) is 50.8. The molecule has 0 aliphatic heterocycles. The van der Waals surface area contributed by atoms with E-state index >= 15 is 23.6 Å². The number of esters is 2. The minimum Gasteiger partial charge on any atom is -0.460 e. The molecule has 83 heavy (non-hydrogen) atoms. The second kappa shape index (κ2) is 28.7. The average Bonchev–Trinajstić information content (AvgIpc) is 3.58. The van der Waals surface area contributed by atoms with Crippen LogP contribution in [0.25, 0.3) is 0 Å². The van der Waals surface area contributed by atoms with E-state index in [1.807, 2.05) is 19.1 Å². The van der Waals surface area contributed by atoms with Crippen LogP contribution in [0.4, 0.5) is 4.39 Å². The number of carbonyl (C=O) groups excluding carboxylic acids is 7. The number of hydrogen-bond acceptors (Lipinski definition) is 13. The van der Waals surface area contributed by atoms with Crippen LogP contribution in [0.2, 0.25) is 5.02 Å². The number of amides is 5. The first kappa shape index (κ1) is 68.7. The maximum atomic E-state index is 15.6. The molecule has 0 fully saturated rings. The molecule has 0 saturated carbocycles. The van der Waals surface area contributed by atoms with E-state index in [0.717, 1.165) is 5.56 Å². The first-order chi connectivity index (χ1) is 38.4. The number of rotatable bonds is 25. The van der Waals surface area contributed by atoms with Crippen LogP contribution in [-0.4, -0.2) is 119 Å². The van der Waals surface area contributed by atoms with Crippen molar-refractivity contribution >= 4 is 53.1 Å². The minimum atomic E-state index is -2.09. The summed E-state index contributed by atoms with van der Waals surface area (Å²) in [5.41, 5.74) is 0.311. The Balaban J connectivity index is 1.86. The fraction of sp³-hybridized carbons (Fsp3) is 0.508. The molecule has 1 unspecified atom stereocenters. The number of aryl methyl sites for hydroxylation is 1. The van der Waals surface area contributed by atoms with Crippen LogP contribution >= 0.6 is 11.6 Å². The van der Waals surface area contributed by atoms with Gasteiger partial charge in [0.15, 0.2) is 5.60 Å². The van der Waals surface area contributed by atoms with Crippen LogP contribution in [-0.2, 0) is 69.3 Å². The molecule has 4 rings (SSSR count). The van der Waals surface area contributed by atoms with E-state index in [-0.39, 0.29) is 10.6 Å². The Morgan fingerprint density at radius 2 is 1.10 bits per heavy atom. The summed E-state index contributed by atoms with van der Waals surface area (Å²) < 4.78 is 46.4. The van der Waals surface area contributed by atoms with Gasteiger partial charge in [-0.1, -0.05) is 108 Å². The highest BCUT2D eigenvalue weighted by molar-refractivity contribution is 6.31. The molecule has 18 nitrogen and oxygen atoms in total. The van der Waals surface area contributed by atoms with Crippen LogP contribution in [0.15, 0.2) is 103 Å². The fourth-order valence-electron chi connectivity index (χ4n) is 9.00. The number of halogens is 2. The third-order valence-electron chi connectivity index (χ3n) is 12.6. The molecule has 0 spiro atoms. The molecule has 4 aromatic carbocycles. The molecule has 8 atom stereocenters. The quantitative estimate of drug-likeness (QED) is 0.0277. The van der Waals surface area contributed by atoms with E-state index in [0.29, 0.717) is 16.7 Å². The zero-order chi connectivity index (χ0) is 62.5. The van der Waals surface area contributed by atoms with Gasteiger partial charge in [-0.25, -0.2) is 9.18 Å². The molecular formula is C63H86ClFN6O12. The van der Waals surface area contributed by atoms with Crippen LogP contribution in [0.3, 0.4) is 0 Å². The van der Waals surface area contributed by atoms with Gasteiger partial charge in [-0.3, -0.25) is 28.8 Å². The topological polar surface area (TPSA) is 252 Å². The van der Waals surface area contributed by atoms with Crippen molar-refractivity contribution in [2.45, 2.75) is 194 Å².